The maximum absolute atomic E-state index is 13.0. The Hall–Kier alpha value is -2.01. The van der Waals surface area contributed by atoms with Gasteiger partial charge in [0, 0.05) is 5.69 Å². The third-order valence-corrected chi connectivity index (χ3v) is 4.29. The zero-order chi connectivity index (χ0) is 14.8. The summed E-state index contributed by atoms with van der Waals surface area (Å²) in [6.45, 7) is 4.09. The smallest absolute Gasteiger partial charge is 0.141 e. The number of halogens is 1. The first-order chi connectivity index (χ1) is 10.2. The molecule has 0 amide bonds. The van der Waals surface area contributed by atoms with Crippen LogP contribution in [-0.2, 0) is 0 Å². The van der Waals surface area contributed by atoms with Crippen molar-refractivity contribution >= 4 is 27.2 Å². The van der Waals surface area contributed by atoms with Crippen LogP contribution < -0.4 is 5.32 Å². The fourth-order valence-corrected chi connectivity index (χ4v) is 3.18. The maximum Gasteiger partial charge on any atom is 0.141 e. The lowest BCUT2D eigenvalue weighted by atomic mass is 10.1. The van der Waals surface area contributed by atoms with Crippen molar-refractivity contribution in [1.82, 2.24) is 9.97 Å². The zero-order valence-electron chi connectivity index (χ0n) is 11.9. The van der Waals surface area contributed by atoms with Gasteiger partial charge in [-0.3, -0.25) is 4.98 Å². The van der Waals surface area contributed by atoms with Crippen molar-refractivity contribution < 1.29 is 4.39 Å². The van der Waals surface area contributed by atoms with E-state index < -0.39 is 0 Å². The van der Waals surface area contributed by atoms with Crippen LogP contribution >= 0.6 is 11.3 Å². The van der Waals surface area contributed by atoms with E-state index in [-0.39, 0.29) is 11.9 Å². The molecule has 0 fully saturated rings. The molecule has 0 aliphatic rings. The molecule has 0 bridgehead atoms. The summed E-state index contributed by atoms with van der Waals surface area (Å²) in [6, 6.07) is 9.39. The summed E-state index contributed by atoms with van der Waals surface area (Å²) >= 11 is 1.68. The molecule has 1 unspecified atom stereocenters. The second-order valence-electron chi connectivity index (χ2n) is 4.92. The molecule has 0 spiro atoms. The number of rotatable bonds is 4. The van der Waals surface area contributed by atoms with Gasteiger partial charge in [-0.1, -0.05) is 6.92 Å². The van der Waals surface area contributed by atoms with Crippen molar-refractivity contribution in [2.24, 2.45) is 0 Å². The van der Waals surface area contributed by atoms with Crippen LogP contribution in [0.15, 0.2) is 36.5 Å². The first kappa shape index (κ1) is 13.9. The number of nitrogens with one attached hydrogen (secondary N) is 1. The summed E-state index contributed by atoms with van der Waals surface area (Å²) in [7, 11) is 0. The fourth-order valence-electron chi connectivity index (χ4n) is 2.31. The van der Waals surface area contributed by atoms with E-state index in [0.29, 0.717) is 0 Å². The van der Waals surface area contributed by atoms with Gasteiger partial charge in [0.2, 0.25) is 0 Å². The van der Waals surface area contributed by atoms with E-state index in [1.807, 2.05) is 19.1 Å². The largest absolute Gasteiger partial charge is 0.377 e. The third kappa shape index (κ3) is 3.03. The lowest BCUT2D eigenvalue weighted by Gasteiger charge is -2.17. The molecule has 3 aromatic rings. The minimum absolute atomic E-state index is 0.0667. The Balaban J connectivity index is 1.86. The van der Waals surface area contributed by atoms with Crippen LogP contribution in [-0.4, -0.2) is 9.97 Å². The first-order valence-electron chi connectivity index (χ1n) is 6.91. The molecule has 21 heavy (non-hydrogen) atoms. The highest BCUT2D eigenvalue weighted by molar-refractivity contribution is 7.18. The van der Waals surface area contributed by atoms with Gasteiger partial charge in [-0.05, 0) is 43.7 Å². The molecule has 0 saturated heterocycles. The second kappa shape index (κ2) is 5.77. The predicted octanol–water partition coefficient (Wildman–Crippen LogP) is 4.70. The number of thiazole rings is 1. The SMILES string of the molecule is CCC(Nc1ccc2nc(C)sc2c1)c1ccc(F)cn1. The number of hydrogen-bond acceptors (Lipinski definition) is 4. The molecule has 2 heterocycles. The number of anilines is 1. The molecule has 3 rings (SSSR count). The van der Waals surface area contributed by atoms with Crippen LogP contribution in [0.1, 0.15) is 30.1 Å². The molecule has 0 aliphatic carbocycles. The van der Waals surface area contributed by atoms with E-state index in [2.05, 4.69) is 28.3 Å². The number of aryl methyl sites for hydroxylation is 1. The maximum atomic E-state index is 13.0. The van der Waals surface area contributed by atoms with Gasteiger partial charge in [0.25, 0.3) is 0 Å². The number of benzene rings is 1. The van der Waals surface area contributed by atoms with Crippen LogP contribution in [0.4, 0.5) is 10.1 Å². The van der Waals surface area contributed by atoms with E-state index in [4.69, 9.17) is 0 Å². The first-order valence-corrected chi connectivity index (χ1v) is 7.72. The Morgan fingerprint density at radius 3 is 2.86 bits per heavy atom. The monoisotopic (exact) mass is 301 g/mol. The average molecular weight is 301 g/mol. The van der Waals surface area contributed by atoms with E-state index in [9.17, 15) is 4.39 Å². The molecule has 1 aromatic carbocycles. The molecule has 0 radical (unpaired) electrons. The Morgan fingerprint density at radius 1 is 1.29 bits per heavy atom. The molecular weight excluding hydrogens is 285 g/mol. The Morgan fingerprint density at radius 2 is 2.14 bits per heavy atom. The molecule has 108 valence electrons. The predicted molar refractivity (Wildman–Crippen MR) is 85.2 cm³/mol. The Bertz CT molecular complexity index is 752. The molecule has 5 heteroatoms. The van der Waals surface area contributed by atoms with E-state index in [0.717, 1.165) is 28.3 Å². The molecule has 0 saturated carbocycles. The third-order valence-electron chi connectivity index (χ3n) is 3.35. The number of hydrogen-bond donors (Lipinski definition) is 1. The van der Waals surface area contributed by atoms with Gasteiger partial charge >= 0.3 is 0 Å². The van der Waals surface area contributed by atoms with Gasteiger partial charge in [-0.2, -0.15) is 0 Å². The van der Waals surface area contributed by atoms with E-state index in [1.54, 1.807) is 17.4 Å². The summed E-state index contributed by atoms with van der Waals surface area (Å²) < 4.78 is 14.1. The number of nitrogens with zero attached hydrogens (tertiary/aromatic N) is 2. The fraction of sp³-hybridized carbons (Fsp3) is 0.250. The zero-order valence-corrected chi connectivity index (χ0v) is 12.7. The summed E-state index contributed by atoms with van der Waals surface area (Å²) in [5.41, 5.74) is 2.90. The van der Waals surface area contributed by atoms with Crippen molar-refractivity contribution in [3.05, 3.63) is 53.0 Å². The van der Waals surface area contributed by atoms with Crippen molar-refractivity contribution in [3.8, 4) is 0 Å². The Kier molecular flexibility index (Phi) is 3.84. The molecule has 2 aromatic heterocycles. The Labute approximate surface area is 126 Å². The number of aromatic nitrogens is 2. The van der Waals surface area contributed by atoms with Gasteiger partial charge < -0.3 is 5.32 Å². The van der Waals surface area contributed by atoms with Gasteiger partial charge in [0.1, 0.15) is 5.82 Å². The van der Waals surface area contributed by atoms with Crippen molar-refractivity contribution in [2.75, 3.05) is 5.32 Å². The quantitative estimate of drug-likeness (QED) is 0.759. The lowest BCUT2D eigenvalue weighted by Crippen LogP contribution is -2.11. The van der Waals surface area contributed by atoms with Crippen LogP contribution in [0.3, 0.4) is 0 Å². The van der Waals surface area contributed by atoms with Crippen molar-refractivity contribution in [3.63, 3.8) is 0 Å². The topological polar surface area (TPSA) is 37.8 Å². The molecule has 3 nitrogen and oxygen atoms in total. The standard InChI is InChI=1S/C16H16FN3S/c1-3-13(14-6-4-11(17)9-18-14)20-12-5-7-15-16(8-12)21-10(2)19-15/h4-9,13,20H,3H2,1-2H3. The molecule has 1 N–H and O–H groups in total. The molecular formula is C16H16FN3S. The normalized spacial score (nSPS) is 12.5. The highest BCUT2D eigenvalue weighted by atomic mass is 32.1. The highest BCUT2D eigenvalue weighted by Gasteiger charge is 2.11. The van der Waals surface area contributed by atoms with Crippen LogP contribution in [0, 0.1) is 12.7 Å². The van der Waals surface area contributed by atoms with Crippen LogP contribution in [0.2, 0.25) is 0 Å². The minimum atomic E-state index is -0.310. The minimum Gasteiger partial charge on any atom is -0.377 e. The van der Waals surface area contributed by atoms with Crippen LogP contribution in [0.25, 0.3) is 10.2 Å². The van der Waals surface area contributed by atoms with Gasteiger partial charge in [-0.25, -0.2) is 9.37 Å². The summed E-state index contributed by atoms with van der Waals surface area (Å²) in [4.78, 5) is 8.62. The van der Waals surface area contributed by atoms with Crippen molar-refractivity contribution in [2.45, 2.75) is 26.3 Å². The summed E-state index contributed by atoms with van der Waals surface area (Å²) in [5, 5.41) is 4.52. The van der Waals surface area contributed by atoms with E-state index >= 15 is 0 Å². The second-order valence-corrected chi connectivity index (χ2v) is 6.16. The van der Waals surface area contributed by atoms with Crippen LogP contribution in [0.5, 0.6) is 0 Å². The van der Waals surface area contributed by atoms with Crippen molar-refractivity contribution in [1.29, 1.82) is 0 Å². The highest BCUT2D eigenvalue weighted by Crippen LogP contribution is 2.27. The number of pyridine rings is 1. The van der Waals surface area contributed by atoms with Gasteiger partial charge in [-0.15, -0.1) is 11.3 Å². The van der Waals surface area contributed by atoms with Gasteiger partial charge in [0.15, 0.2) is 0 Å². The average Bonchev–Trinajstić information content (AvgIpc) is 2.85. The summed E-state index contributed by atoms with van der Waals surface area (Å²) in [6.07, 6.45) is 2.13. The molecule has 1 atom stereocenters. The van der Waals surface area contributed by atoms with Gasteiger partial charge in [0.05, 0.1) is 33.2 Å². The number of fused-ring (bicyclic) bond motifs is 1. The van der Waals surface area contributed by atoms with E-state index in [1.165, 1.54) is 17.0 Å². The lowest BCUT2D eigenvalue weighted by molar-refractivity contribution is 0.614. The summed E-state index contributed by atoms with van der Waals surface area (Å²) in [5.74, 6) is -0.310. The molecule has 0 aliphatic heterocycles.